The van der Waals surface area contributed by atoms with Crippen LogP contribution in [0.1, 0.15) is 16.7 Å². The molecule has 3 aromatic rings. The van der Waals surface area contributed by atoms with Gasteiger partial charge in [0.05, 0.1) is 26.9 Å². The number of aldehydes is 1. The minimum absolute atomic E-state index is 0.0784. The highest BCUT2D eigenvalue weighted by atomic mass is 16.6. The second kappa shape index (κ2) is 14.1. The Morgan fingerprint density at radius 2 is 1.11 bits per heavy atom. The number of esters is 1. The summed E-state index contributed by atoms with van der Waals surface area (Å²) in [6, 6.07) is 28.0. The first-order valence-corrected chi connectivity index (χ1v) is 11.3. The zero-order chi connectivity index (χ0) is 24.9. The van der Waals surface area contributed by atoms with Gasteiger partial charge >= 0.3 is 5.97 Å². The quantitative estimate of drug-likeness (QED) is 0.280. The first-order valence-electron chi connectivity index (χ1n) is 11.3. The maximum atomic E-state index is 12.3. The van der Waals surface area contributed by atoms with Gasteiger partial charge in [0.25, 0.3) is 0 Å². The summed E-state index contributed by atoms with van der Waals surface area (Å²) in [7, 11) is 1.17. The topological polar surface area (TPSA) is 91.3 Å². The summed E-state index contributed by atoms with van der Waals surface area (Å²) >= 11 is 0. The van der Waals surface area contributed by atoms with Crippen LogP contribution in [-0.2, 0) is 48.4 Å². The summed E-state index contributed by atoms with van der Waals surface area (Å²) in [5.41, 5.74) is 2.53. The summed E-state index contributed by atoms with van der Waals surface area (Å²) in [5.74, 6) is -0.899. The number of methoxy groups -OCH3 is 1. The highest BCUT2D eigenvalue weighted by molar-refractivity contribution is 5.75. The van der Waals surface area contributed by atoms with Gasteiger partial charge in [0.15, 0.2) is 12.4 Å². The molecular formula is C28H30O7. The predicted octanol–water partition coefficient (Wildman–Crippen LogP) is 3.48. The standard InChI is InChI=1S/C28H30O7/c1-32-28(31)25(30)27(35-20-23-15-9-4-10-16-23)26(34-19-22-13-7-3-8-14-22)24(17-29)33-18-21-11-5-2-6-12-21/h2-17,24-27,30H,18-20H2,1H3/t24-,25+,26-,27-/m1/s1. The summed E-state index contributed by atoms with van der Waals surface area (Å²) in [6.45, 7) is 0.327. The van der Waals surface area contributed by atoms with Crippen molar-refractivity contribution < 1.29 is 33.6 Å². The number of carbonyl (C=O) groups is 2. The van der Waals surface area contributed by atoms with E-state index in [1.165, 1.54) is 7.11 Å². The molecule has 0 amide bonds. The molecule has 0 saturated heterocycles. The molecule has 0 fully saturated rings. The van der Waals surface area contributed by atoms with Crippen molar-refractivity contribution in [2.75, 3.05) is 7.11 Å². The van der Waals surface area contributed by atoms with Crippen LogP contribution in [0.2, 0.25) is 0 Å². The molecular weight excluding hydrogens is 448 g/mol. The summed E-state index contributed by atoms with van der Waals surface area (Å²) in [5, 5.41) is 10.8. The van der Waals surface area contributed by atoms with Crippen LogP contribution in [-0.4, -0.2) is 48.9 Å². The molecule has 184 valence electrons. The second-order valence-corrected chi connectivity index (χ2v) is 7.89. The fourth-order valence-corrected chi connectivity index (χ4v) is 3.51. The van der Waals surface area contributed by atoms with E-state index >= 15 is 0 Å². The lowest BCUT2D eigenvalue weighted by Gasteiger charge is -2.33. The van der Waals surface area contributed by atoms with Crippen molar-refractivity contribution in [3.8, 4) is 0 Å². The molecule has 0 unspecified atom stereocenters. The number of carbonyl (C=O) groups excluding carboxylic acids is 2. The number of ether oxygens (including phenoxy) is 4. The van der Waals surface area contributed by atoms with E-state index < -0.39 is 30.4 Å². The fourth-order valence-electron chi connectivity index (χ4n) is 3.51. The van der Waals surface area contributed by atoms with Gasteiger partial charge in [-0.25, -0.2) is 4.79 Å². The van der Waals surface area contributed by atoms with E-state index in [4.69, 9.17) is 18.9 Å². The Bertz CT molecular complexity index is 1010. The van der Waals surface area contributed by atoms with E-state index in [0.29, 0.717) is 6.29 Å². The number of aliphatic hydroxyl groups excluding tert-OH is 1. The molecule has 4 atom stereocenters. The van der Waals surface area contributed by atoms with Crippen molar-refractivity contribution in [3.05, 3.63) is 108 Å². The third-order valence-electron chi connectivity index (χ3n) is 5.39. The summed E-state index contributed by atoms with van der Waals surface area (Å²) < 4.78 is 22.7. The molecule has 0 heterocycles. The van der Waals surface area contributed by atoms with Crippen LogP contribution in [0.25, 0.3) is 0 Å². The van der Waals surface area contributed by atoms with Crippen molar-refractivity contribution in [1.82, 2.24) is 0 Å². The summed E-state index contributed by atoms with van der Waals surface area (Å²) in [4.78, 5) is 24.5. The lowest BCUT2D eigenvalue weighted by molar-refractivity contribution is -0.191. The van der Waals surface area contributed by atoms with Gasteiger partial charge < -0.3 is 28.8 Å². The van der Waals surface area contributed by atoms with E-state index in [9.17, 15) is 14.7 Å². The molecule has 0 aliphatic rings. The zero-order valence-electron chi connectivity index (χ0n) is 19.6. The van der Waals surface area contributed by atoms with Gasteiger partial charge in [0.1, 0.15) is 18.3 Å². The van der Waals surface area contributed by atoms with Gasteiger partial charge in [-0.15, -0.1) is 0 Å². The fraction of sp³-hybridized carbons (Fsp3) is 0.286. The van der Waals surface area contributed by atoms with Gasteiger partial charge in [-0.2, -0.15) is 0 Å². The maximum absolute atomic E-state index is 12.3. The molecule has 7 heteroatoms. The van der Waals surface area contributed by atoms with Crippen LogP contribution >= 0.6 is 0 Å². The van der Waals surface area contributed by atoms with Crippen LogP contribution in [0.5, 0.6) is 0 Å². The van der Waals surface area contributed by atoms with Crippen LogP contribution in [0.3, 0.4) is 0 Å². The Hall–Kier alpha value is -3.36. The average Bonchev–Trinajstić information content (AvgIpc) is 2.92. The SMILES string of the molecule is COC(=O)[C@@H](O)[C@@H](OCc1ccccc1)[C@H](OCc1ccccc1)[C@@H](C=O)OCc1ccccc1. The molecule has 0 bridgehead atoms. The van der Waals surface area contributed by atoms with Crippen LogP contribution in [0.15, 0.2) is 91.0 Å². The lowest BCUT2D eigenvalue weighted by atomic mass is 10.0. The third-order valence-corrected chi connectivity index (χ3v) is 5.39. The van der Waals surface area contributed by atoms with Gasteiger partial charge in [-0.1, -0.05) is 91.0 Å². The minimum atomic E-state index is -1.70. The monoisotopic (exact) mass is 478 g/mol. The maximum Gasteiger partial charge on any atom is 0.337 e. The molecule has 1 N–H and O–H groups in total. The Morgan fingerprint density at radius 1 is 0.714 bits per heavy atom. The first-order chi connectivity index (χ1) is 17.1. The average molecular weight is 479 g/mol. The van der Waals surface area contributed by atoms with Crippen molar-refractivity contribution in [2.24, 2.45) is 0 Å². The number of hydrogen-bond donors (Lipinski definition) is 1. The summed E-state index contributed by atoms with van der Waals surface area (Å²) in [6.07, 6.45) is -4.57. The Labute approximate surface area is 205 Å². The van der Waals surface area contributed by atoms with Crippen LogP contribution in [0.4, 0.5) is 0 Å². The highest BCUT2D eigenvalue weighted by Crippen LogP contribution is 2.21. The van der Waals surface area contributed by atoms with E-state index in [1.54, 1.807) is 0 Å². The van der Waals surface area contributed by atoms with Crippen molar-refractivity contribution >= 4 is 12.3 Å². The minimum Gasteiger partial charge on any atom is -0.467 e. The Kier molecular flexibility index (Phi) is 10.6. The molecule has 0 aromatic heterocycles. The number of rotatable bonds is 14. The number of aliphatic hydroxyl groups is 1. The molecule has 0 saturated carbocycles. The third kappa shape index (κ3) is 8.12. The molecule has 0 aliphatic heterocycles. The molecule has 7 nitrogen and oxygen atoms in total. The van der Waals surface area contributed by atoms with E-state index in [1.807, 2.05) is 91.0 Å². The van der Waals surface area contributed by atoms with Crippen molar-refractivity contribution in [3.63, 3.8) is 0 Å². The normalized spacial score (nSPS) is 14.5. The van der Waals surface area contributed by atoms with Gasteiger partial charge in [-0.05, 0) is 16.7 Å². The van der Waals surface area contributed by atoms with E-state index in [0.717, 1.165) is 16.7 Å². The van der Waals surface area contributed by atoms with Crippen molar-refractivity contribution in [2.45, 2.75) is 44.2 Å². The molecule has 0 aliphatic carbocycles. The van der Waals surface area contributed by atoms with Crippen LogP contribution < -0.4 is 0 Å². The molecule has 35 heavy (non-hydrogen) atoms. The molecule has 0 radical (unpaired) electrons. The molecule has 0 spiro atoms. The van der Waals surface area contributed by atoms with E-state index in [2.05, 4.69) is 0 Å². The lowest BCUT2D eigenvalue weighted by Crippen LogP contribution is -2.52. The zero-order valence-corrected chi connectivity index (χ0v) is 19.6. The number of benzene rings is 3. The highest BCUT2D eigenvalue weighted by Gasteiger charge is 2.40. The molecule has 3 aromatic carbocycles. The Balaban J connectivity index is 1.86. The molecule has 3 rings (SSSR count). The van der Waals surface area contributed by atoms with Gasteiger partial charge in [0.2, 0.25) is 0 Å². The first kappa shape index (κ1) is 26.2. The largest absolute Gasteiger partial charge is 0.467 e. The van der Waals surface area contributed by atoms with Gasteiger partial charge in [-0.3, -0.25) is 0 Å². The van der Waals surface area contributed by atoms with E-state index in [-0.39, 0.29) is 19.8 Å². The van der Waals surface area contributed by atoms with Crippen molar-refractivity contribution in [1.29, 1.82) is 0 Å². The predicted molar refractivity (Wildman–Crippen MR) is 129 cm³/mol. The number of hydrogen-bond acceptors (Lipinski definition) is 7. The Morgan fingerprint density at radius 3 is 1.51 bits per heavy atom. The van der Waals surface area contributed by atoms with Crippen LogP contribution in [0, 0.1) is 0 Å². The smallest absolute Gasteiger partial charge is 0.337 e. The van der Waals surface area contributed by atoms with Gasteiger partial charge in [0, 0.05) is 0 Å². The second-order valence-electron chi connectivity index (χ2n) is 7.89.